The van der Waals surface area contributed by atoms with Gasteiger partial charge in [-0.3, -0.25) is 9.59 Å². The number of sulfone groups is 1. The van der Waals surface area contributed by atoms with Crippen molar-refractivity contribution in [3.63, 3.8) is 0 Å². The predicted octanol–water partition coefficient (Wildman–Crippen LogP) is 0.181. The SMILES string of the molecule is O=C(O)[C@H]1CCC[C@H]1C(=O)NCC1CCCS1(=O)=O. The first-order valence-electron chi connectivity index (χ1n) is 6.64. The fourth-order valence-corrected chi connectivity index (χ4v) is 4.77. The molecule has 1 aliphatic heterocycles. The molecule has 2 aliphatic rings. The van der Waals surface area contributed by atoms with Gasteiger partial charge in [0.25, 0.3) is 0 Å². The average molecular weight is 289 g/mol. The van der Waals surface area contributed by atoms with Crippen LogP contribution in [0.3, 0.4) is 0 Å². The van der Waals surface area contributed by atoms with Gasteiger partial charge in [0.05, 0.1) is 22.8 Å². The Morgan fingerprint density at radius 3 is 2.37 bits per heavy atom. The third kappa shape index (κ3) is 3.08. The van der Waals surface area contributed by atoms with Gasteiger partial charge in [-0.1, -0.05) is 6.42 Å². The van der Waals surface area contributed by atoms with E-state index in [9.17, 15) is 18.0 Å². The number of carboxylic acid groups (broad SMARTS) is 1. The molecule has 1 saturated heterocycles. The van der Waals surface area contributed by atoms with Crippen LogP contribution in [0.5, 0.6) is 0 Å². The van der Waals surface area contributed by atoms with Gasteiger partial charge >= 0.3 is 5.97 Å². The minimum Gasteiger partial charge on any atom is -0.481 e. The van der Waals surface area contributed by atoms with Crippen LogP contribution >= 0.6 is 0 Å². The fraction of sp³-hybridized carbons (Fsp3) is 0.833. The number of amides is 1. The smallest absolute Gasteiger partial charge is 0.307 e. The van der Waals surface area contributed by atoms with Crippen molar-refractivity contribution in [3.05, 3.63) is 0 Å². The number of nitrogens with one attached hydrogen (secondary N) is 1. The Bertz CT molecular complexity index is 473. The summed E-state index contributed by atoms with van der Waals surface area (Å²) >= 11 is 0. The van der Waals surface area contributed by atoms with E-state index >= 15 is 0 Å². The Morgan fingerprint density at radius 1 is 1.11 bits per heavy atom. The van der Waals surface area contributed by atoms with Crippen LogP contribution in [0.4, 0.5) is 0 Å². The molecule has 3 atom stereocenters. The molecule has 0 aromatic heterocycles. The first-order valence-corrected chi connectivity index (χ1v) is 8.35. The van der Waals surface area contributed by atoms with E-state index in [1.807, 2.05) is 0 Å². The highest BCUT2D eigenvalue weighted by atomic mass is 32.2. The molecular formula is C12H19NO5S. The van der Waals surface area contributed by atoms with Crippen molar-refractivity contribution in [1.29, 1.82) is 0 Å². The van der Waals surface area contributed by atoms with Gasteiger partial charge in [-0.05, 0) is 25.7 Å². The van der Waals surface area contributed by atoms with E-state index in [1.54, 1.807) is 0 Å². The molecule has 0 spiro atoms. The topological polar surface area (TPSA) is 101 Å². The number of carbonyl (C=O) groups is 2. The molecule has 1 amide bonds. The van der Waals surface area contributed by atoms with Gasteiger partial charge in [-0.15, -0.1) is 0 Å². The van der Waals surface area contributed by atoms with Crippen LogP contribution in [-0.2, 0) is 19.4 Å². The van der Waals surface area contributed by atoms with Crippen LogP contribution in [0.2, 0.25) is 0 Å². The summed E-state index contributed by atoms with van der Waals surface area (Å²) < 4.78 is 23.2. The molecule has 0 radical (unpaired) electrons. The van der Waals surface area contributed by atoms with Crippen molar-refractivity contribution < 1.29 is 23.1 Å². The molecule has 6 nitrogen and oxygen atoms in total. The van der Waals surface area contributed by atoms with Crippen molar-refractivity contribution in [2.75, 3.05) is 12.3 Å². The van der Waals surface area contributed by atoms with Gasteiger partial charge in [0.15, 0.2) is 9.84 Å². The second kappa shape index (κ2) is 5.48. The molecular weight excluding hydrogens is 270 g/mol. The highest BCUT2D eigenvalue weighted by Gasteiger charge is 2.38. The largest absolute Gasteiger partial charge is 0.481 e. The average Bonchev–Trinajstić information content (AvgIpc) is 2.92. The third-order valence-corrected chi connectivity index (χ3v) is 6.41. The number of carbonyl (C=O) groups excluding carboxylic acids is 1. The summed E-state index contributed by atoms with van der Waals surface area (Å²) in [6, 6.07) is 0. The van der Waals surface area contributed by atoms with Crippen LogP contribution in [-0.4, -0.2) is 42.9 Å². The molecule has 108 valence electrons. The van der Waals surface area contributed by atoms with E-state index in [2.05, 4.69) is 5.32 Å². The minimum atomic E-state index is -3.07. The summed E-state index contributed by atoms with van der Waals surface area (Å²) in [6.07, 6.45) is 3.05. The molecule has 7 heteroatoms. The maximum absolute atomic E-state index is 12.0. The van der Waals surface area contributed by atoms with Crippen LogP contribution in [0, 0.1) is 11.8 Å². The van der Waals surface area contributed by atoms with Gasteiger partial charge in [0.2, 0.25) is 5.91 Å². The second-order valence-electron chi connectivity index (χ2n) is 5.36. The van der Waals surface area contributed by atoms with E-state index in [0.717, 1.165) is 6.42 Å². The molecule has 0 aromatic rings. The van der Waals surface area contributed by atoms with Crippen molar-refractivity contribution in [2.45, 2.75) is 37.4 Å². The maximum atomic E-state index is 12.0. The normalized spacial score (nSPS) is 33.2. The first kappa shape index (κ1) is 14.3. The van der Waals surface area contributed by atoms with Gasteiger partial charge in [-0.2, -0.15) is 0 Å². The summed E-state index contributed by atoms with van der Waals surface area (Å²) in [7, 11) is -3.07. The number of aliphatic carboxylic acids is 1. The Kier molecular flexibility index (Phi) is 4.13. The number of carboxylic acids is 1. The zero-order valence-corrected chi connectivity index (χ0v) is 11.5. The van der Waals surface area contributed by atoms with E-state index in [4.69, 9.17) is 5.11 Å². The molecule has 2 N–H and O–H groups in total. The van der Waals surface area contributed by atoms with Gasteiger partial charge in [-0.25, -0.2) is 8.42 Å². The highest BCUT2D eigenvalue weighted by molar-refractivity contribution is 7.92. The summed E-state index contributed by atoms with van der Waals surface area (Å²) in [5.74, 6) is -2.20. The third-order valence-electron chi connectivity index (χ3n) is 4.14. The number of rotatable bonds is 4. The van der Waals surface area contributed by atoms with E-state index in [-0.39, 0.29) is 18.2 Å². The standard InChI is InChI=1S/C12H19NO5S/c14-11(9-4-1-5-10(9)12(15)16)13-7-8-3-2-6-19(8,17)18/h8-10H,1-7H2,(H,13,14)(H,15,16)/t8?,9-,10+/m1/s1. The molecule has 19 heavy (non-hydrogen) atoms. The summed E-state index contributed by atoms with van der Waals surface area (Å²) in [5, 5.41) is 11.1. The highest BCUT2D eigenvalue weighted by Crippen LogP contribution is 2.32. The first-order chi connectivity index (χ1) is 8.92. The Balaban J connectivity index is 1.89. The second-order valence-corrected chi connectivity index (χ2v) is 7.76. The molecule has 0 aromatic carbocycles. The van der Waals surface area contributed by atoms with Gasteiger partial charge < -0.3 is 10.4 Å². The lowest BCUT2D eigenvalue weighted by atomic mass is 9.95. The monoisotopic (exact) mass is 289 g/mol. The van der Waals surface area contributed by atoms with E-state index in [1.165, 1.54) is 0 Å². The zero-order chi connectivity index (χ0) is 14.0. The summed E-state index contributed by atoms with van der Waals surface area (Å²) in [4.78, 5) is 23.0. The van der Waals surface area contributed by atoms with Crippen LogP contribution < -0.4 is 5.32 Å². The lowest BCUT2D eigenvalue weighted by molar-refractivity contribution is -0.146. The molecule has 1 unspecified atom stereocenters. The molecule has 2 rings (SSSR count). The molecule has 2 fully saturated rings. The van der Waals surface area contributed by atoms with Crippen molar-refractivity contribution in [2.24, 2.45) is 11.8 Å². The lowest BCUT2D eigenvalue weighted by Crippen LogP contribution is -2.40. The van der Waals surface area contributed by atoms with Crippen molar-refractivity contribution >= 4 is 21.7 Å². The van der Waals surface area contributed by atoms with Crippen molar-refractivity contribution in [1.82, 2.24) is 5.32 Å². The molecule has 1 heterocycles. The Morgan fingerprint density at radius 2 is 1.79 bits per heavy atom. The zero-order valence-electron chi connectivity index (χ0n) is 10.7. The molecule has 0 bridgehead atoms. The molecule has 1 saturated carbocycles. The van der Waals surface area contributed by atoms with Crippen LogP contribution in [0.1, 0.15) is 32.1 Å². The number of hydrogen-bond acceptors (Lipinski definition) is 4. The quantitative estimate of drug-likeness (QED) is 0.769. The number of hydrogen-bond donors (Lipinski definition) is 2. The van der Waals surface area contributed by atoms with Gasteiger partial charge in [0, 0.05) is 6.54 Å². The van der Waals surface area contributed by atoms with Crippen LogP contribution in [0.25, 0.3) is 0 Å². The minimum absolute atomic E-state index is 0.115. The Labute approximate surface area is 112 Å². The predicted molar refractivity (Wildman–Crippen MR) is 68.3 cm³/mol. The van der Waals surface area contributed by atoms with Crippen molar-refractivity contribution in [3.8, 4) is 0 Å². The maximum Gasteiger partial charge on any atom is 0.307 e. The van der Waals surface area contributed by atoms with E-state index < -0.39 is 32.9 Å². The Hall–Kier alpha value is -1.11. The fourth-order valence-electron chi connectivity index (χ4n) is 3.00. The van der Waals surface area contributed by atoms with E-state index in [0.29, 0.717) is 25.7 Å². The molecule has 1 aliphatic carbocycles. The summed E-state index contributed by atoms with van der Waals surface area (Å²) in [5.41, 5.74) is 0. The summed E-state index contributed by atoms with van der Waals surface area (Å²) in [6.45, 7) is 0.115. The van der Waals surface area contributed by atoms with Crippen LogP contribution in [0.15, 0.2) is 0 Å². The van der Waals surface area contributed by atoms with Gasteiger partial charge in [0.1, 0.15) is 0 Å². The lowest BCUT2D eigenvalue weighted by Gasteiger charge is -2.17.